The summed E-state index contributed by atoms with van der Waals surface area (Å²) in [7, 11) is 1.41. The minimum atomic E-state index is -0.477. The quantitative estimate of drug-likeness (QED) is 0.722. The Morgan fingerprint density at radius 2 is 2.12 bits per heavy atom. The van der Waals surface area contributed by atoms with Crippen LogP contribution in [0.2, 0.25) is 0 Å². The molecular formula is C17H21BrFN3O2. The molecule has 0 aromatic carbocycles. The molecule has 0 spiro atoms. The van der Waals surface area contributed by atoms with Crippen LogP contribution in [-0.4, -0.2) is 27.4 Å². The van der Waals surface area contributed by atoms with Gasteiger partial charge in [-0.25, -0.2) is 4.98 Å². The van der Waals surface area contributed by atoms with Crippen molar-refractivity contribution in [3.05, 3.63) is 28.3 Å². The fourth-order valence-corrected chi connectivity index (χ4v) is 4.64. The second kappa shape index (κ2) is 5.51. The first-order valence-corrected chi connectivity index (χ1v) is 8.72. The number of carbonyl (C=O) groups excluding carboxylic acids is 1. The van der Waals surface area contributed by atoms with E-state index in [2.05, 4.69) is 25.9 Å². The number of aromatic nitrogens is 3. The average molecular weight is 398 g/mol. The van der Waals surface area contributed by atoms with Crippen LogP contribution in [0.1, 0.15) is 45.1 Å². The Kier molecular flexibility index (Phi) is 3.98. The molecule has 24 heavy (non-hydrogen) atoms. The van der Waals surface area contributed by atoms with Gasteiger partial charge in [0.1, 0.15) is 15.9 Å². The van der Waals surface area contributed by atoms with Crippen LogP contribution in [0.25, 0.3) is 5.52 Å². The highest BCUT2D eigenvalue weighted by Crippen LogP contribution is 2.57. The first-order chi connectivity index (χ1) is 11.1. The molecule has 7 heteroatoms. The highest BCUT2D eigenvalue weighted by Gasteiger charge is 2.57. The molecule has 0 saturated heterocycles. The van der Waals surface area contributed by atoms with Crippen LogP contribution in [0.4, 0.5) is 4.39 Å². The molecule has 1 unspecified atom stereocenters. The monoisotopic (exact) mass is 397 g/mol. The molecule has 0 bridgehead atoms. The van der Waals surface area contributed by atoms with Gasteiger partial charge >= 0.3 is 5.97 Å². The van der Waals surface area contributed by atoms with Crippen LogP contribution in [0.3, 0.4) is 0 Å². The molecule has 0 radical (unpaired) electrons. The molecule has 1 saturated carbocycles. The van der Waals surface area contributed by atoms with E-state index in [4.69, 9.17) is 4.74 Å². The van der Waals surface area contributed by atoms with Gasteiger partial charge < -0.3 is 4.74 Å². The molecule has 2 aromatic rings. The van der Waals surface area contributed by atoms with Crippen molar-refractivity contribution in [1.29, 1.82) is 0 Å². The summed E-state index contributed by atoms with van der Waals surface area (Å²) in [4.78, 5) is 20.9. The zero-order valence-electron chi connectivity index (χ0n) is 14.5. The number of hydrogen-bond donors (Lipinski definition) is 0. The van der Waals surface area contributed by atoms with E-state index in [1.807, 2.05) is 27.7 Å². The molecule has 0 amide bonds. The van der Waals surface area contributed by atoms with Gasteiger partial charge in [-0.1, -0.05) is 20.8 Å². The standard InChI is InChI=1S/C17H21BrFN3O2/c1-9-12-13(18)21-15(22(12)11(19)8-20-9)17(4)7-6-10(14(23)24-5)16(17,2)3/h8,10H,6-7H2,1-5H3/t10-,17?/m1/s1. The number of imidazole rings is 1. The van der Waals surface area contributed by atoms with Gasteiger partial charge in [0, 0.05) is 5.41 Å². The summed E-state index contributed by atoms with van der Waals surface area (Å²) in [5, 5.41) is 0. The lowest BCUT2D eigenvalue weighted by Gasteiger charge is -2.39. The second-order valence-corrected chi connectivity index (χ2v) is 8.00. The van der Waals surface area contributed by atoms with Gasteiger partial charge in [0.25, 0.3) is 0 Å². The van der Waals surface area contributed by atoms with Crippen molar-refractivity contribution in [3.8, 4) is 0 Å². The van der Waals surface area contributed by atoms with E-state index in [1.165, 1.54) is 17.7 Å². The first-order valence-electron chi connectivity index (χ1n) is 7.92. The number of rotatable bonds is 2. The van der Waals surface area contributed by atoms with Crippen molar-refractivity contribution in [1.82, 2.24) is 14.4 Å². The maximum absolute atomic E-state index is 14.6. The SMILES string of the molecule is COC(=O)[C@H]1CCC(C)(c2nc(Br)c3c(C)ncc(F)n23)C1(C)C. The highest BCUT2D eigenvalue weighted by atomic mass is 79.9. The molecule has 1 aliphatic rings. The van der Waals surface area contributed by atoms with E-state index in [1.54, 1.807) is 0 Å². The smallest absolute Gasteiger partial charge is 0.309 e. The molecule has 5 nitrogen and oxygen atoms in total. The van der Waals surface area contributed by atoms with Gasteiger partial charge in [0.2, 0.25) is 5.95 Å². The van der Waals surface area contributed by atoms with E-state index in [-0.39, 0.29) is 11.9 Å². The summed E-state index contributed by atoms with van der Waals surface area (Å²) in [5.74, 6) is -0.308. The molecular weight excluding hydrogens is 377 g/mol. The third-order valence-corrected chi connectivity index (χ3v) is 6.51. The number of methoxy groups -OCH3 is 1. The fraction of sp³-hybridized carbons (Fsp3) is 0.588. The summed E-state index contributed by atoms with van der Waals surface area (Å²) < 4.78 is 21.7. The maximum atomic E-state index is 14.6. The van der Waals surface area contributed by atoms with E-state index >= 15 is 0 Å². The van der Waals surface area contributed by atoms with Crippen molar-refractivity contribution < 1.29 is 13.9 Å². The Bertz CT molecular complexity index is 833. The van der Waals surface area contributed by atoms with Crippen molar-refractivity contribution in [3.63, 3.8) is 0 Å². The van der Waals surface area contributed by atoms with Crippen LogP contribution >= 0.6 is 15.9 Å². The number of halogens is 2. The predicted octanol–water partition coefficient (Wildman–Crippen LogP) is 3.81. The zero-order valence-corrected chi connectivity index (χ0v) is 16.1. The van der Waals surface area contributed by atoms with Gasteiger partial charge in [-0.15, -0.1) is 0 Å². The topological polar surface area (TPSA) is 56.5 Å². The van der Waals surface area contributed by atoms with Crippen LogP contribution in [-0.2, 0) is 14.9 Å². The minimum Gasteiger partial charge on any atom is -0.469 e. The number of aryl methyl sites for hydroxylation is 1. The van der Waals surface area contributed by atoms with Gasteiger partial charge in [-0.05, 0) is 41.1 Å². The molecule has 3 rings (SSSR count). The van der Waals surface area contributed by atoms with Crippen molar-refractivity contribution in [2.24, 2.45) is 11.3 Å². The number of ether oxygens (including phenoxy) is 1. The summed E-state index contributed by atoms with van der Waals surface area (Å²) in [6.07, 6.45) is 2.63. The average Bonchev–Trinajstić information content (AvgIpc) is 3.00. The lowest BCUT2D eigenvalue weighted by atomic mass is 9.65. The molecule has 130 valence electrons. The number of esters is 1. The largest absolute Gasteiger partial charge is 0.469 e. The normalized spacial score (nSPS) is 26.0. The molecule has 1 aliphatic carbocycles. The summed E-state index contributed by atoms with van der Waals surface area (Å²) in [5.41, 5.74) is 0.425. The number of carbonyl (C=O) groups is 1. The van der Waals surface area contributed by atoms with E-state index in [0.29, 0.717) is 28.1 Å². The van der Waals surface area contributed by atoms with E-state index in [9.17, 15) is 9.18 Å². The van der Waals surface area contributed by atoms with Crippen LogP contribution in [0, 0.1) is 24.2 Å². The third-order valence-electron chi connectivity index (χ3n) is 5.96. The summed E-state index contributed by atoms with van der Waals surface area (Å²) >= 11 is 3.44. The number of fused-ring (bicyclic) bond motifs is 1. The van der Waals surface area contributed by atoms with Crippen LogP contribution in [0.15, 0.2) is 10.8 Å². The van der Waals surface area contributed by atoms with Crippen molar-refractivity contribution in [2.75, 3.05) is 7.11 Å². The molecule has 0 aliphatic heterocycles. The lowest BCUT2D eigenvalue weighted by Crippen LogP contribution is -2.42. The Labute approximate surface area is 148 Å². The minimum absolute atomic E-state index is 0.220. The number of nitrogens with zero attached hydrogens (tertiary/aromatic N) is 3. The van der Waals surface area contributed by atoms with Gasteiger partial charge in [0.05, 0.1) is 24.9 Å². The van der Waals surface area contributed by atoms with Gasteiger partial charge in [0.15, 0.2) is 0 Å². The fourth-order valence-electron chi connectivity index (χ4n) is 4.01. The summed E-state index contributed by atoms with van der Waals surface area (Å²) in [6.45, 7) is 7.93. The second-order valence-electron chi connectivity index (χ2n) is 7.24. The van der Waals surface area contributed by atoms with E-state index < -0.39 is 16.8 Å². The Morgan fingerprint density at radius 3 is 2.75 bits per heavy atom. The first kappa shape index (κ1) is 17.3. The highest BCUT2D eigenvalue weighted by molar-refractivity contribution is 9.10. The van der Waals surface area contributed by atoms with Crippen LogP contribution < -0.4 is 0 Å². The lowest BCUT2D eigenvalue weighted by molar-refractivity contribution is -0.149. The third kappa shape index (κ3) is 2.13. The molecule has 2 aromatic heterocycles. The maximum Gasteiger partial charge on any atom is 0.309 e. The van der Waals surface area contributed by atoms with Gasteiger partial charge in [-0.3, -0.25) is 14.2 Å². The molecule has 2 atom stereocenters. The van der Waals surface area contributed by atoms with Crippen molar-refractivity contribution >= 4 is 27.4 Å². The zero-order chi connectivity index (χ0) is 17.9. The summed E-state index contributed by atoms with van der Waals surface area (Å²) in [6, 6.07) is 0. The van der Waals surface area contributed by atoms with E-state index in [0.717, 1.165) is 6.42 Å². The molecule has 2 heterocycles. The number of hydrogen-bond acceptors (Lipinski definition) is 4. The Hall–Kier alpha value is -1.50. The Balaban J connectivity index is 2.24. The van der Waals surface area contributed by atoms with Crippen molar-refractivity contribution in [2.45, 2.75) is 46.0 Å². The molecule has 0 N–H and O–H groups in total. The van der Waals surface area contributed by atoms with Gasteiger partial charge in [-0.2, -0.15) is 4.39 Å². The Morgan fingerprint density at radius 1 is 1.46 bits per heavy atom. The molecule has 1 fully saturated rings. The van der Waals surface area contributed by atoms with Crippen LogP contribution in [0.5, 0.6) is 0 Å². The predicted molar refractivity (Wildman–Crippen MR) is 91.3 cm³/mol.